The number of carbonyl (C=O) groups is 2. The van der Waals surface area contributed by atoms with Crippen molar-refractivity contribution < 1.29 is 14.0 Å². The number of carbonyl (C=O) groups excluding carboxylic acids is 2. The Morgan fingerprint density at radius 2 is 1.84 bits per heavy atom. The van der Waals surface area contributed by atoms with Crippen LogP contribution in [0.2, 0.25) is 0 Å². The Labute approximate surface area is 186 Å². The Kier molecular flexibility index (Phi) is 7.09. The maximum absolute atomic E-state index is 13.1. The number of ketones is 1. The van der Waals surface area contributed by atoms with E-state index in [0.717, 1.165) is 0 Å². The fourth-order valence-corrected chi connectivity index (χ4v) is 3.24. The van der Waals surface area contributed by atoms with E-state index in [0.29, 0.717) is 21.3 Å². The van der Waals surface area contributed by atoms with Crippen molar-refractivity contribution in [3.05, 3.63) is 92.3 Å². The van der Waals surface area contributed by atoms with Crippen LogP contribution < -0.4 is 16.2 Å². The van der Waals surface area contributed by atoms with Crippen LogP contribution in [0.3, 0.4) is 0 Å². The van der Waals surface area contributed by atoms with E-state index in [1.54, 1.807) is 32.3 Å². The molecule has 1 atom stereocenters. The van der Waals surface area contributed by atoms with Crippen molar-refractivity contribution in [3.8, 4) is 0 Å². The van der Waals surface area contributed by atoms with Gasteiger partial charge in [-0.15, -0.1) is 0 Å². The highest BCUT2D eigenvalue weighted by atomic mass is 79.9. The molecular weight excluding hydrogens is 467 g/mol. The molecule has 1 aromatic carbocycles. The van der Waals surface area contributed by atoms with Crippen LogP contribution in [-0.2, 0) is 11.3 Å². The van der Waals surface area contributed by atoms with Gasteiger partial charge in [0.1, 0.15) is 11.5 Å². The molecule has 7 nitrogen and oxygen atoms in total. The second kappa shape index (κ2) is 9.76. The minimum absolute atomic E-state index is 0.127. The Morgan fingerprint density at radius 1 is 1.13 bits per heavy atom. The molecule has 2 N–H and O–H groups in total. The van der Waals surface area contributed by atoms with Gasteiger partial charge in [-0.2, -0.15) is 0 Å². The van der Waals surface area contributed by atoms with Crippen LogP contribution in [0.5, 0.6) is 0 Å². The minimum Gasteiger partial charge on any atom is -0.320 e. The number of amides is 1. The Morgan fingerprint density at radius 3 is 2.52 bits per heavy atom. The predicted molar refractivity (Wildman–Crippen MR) is 119 cm³/mol. The Bertz CT molecular complexity index is 1180. The zero-order valence-electron chi connectivity index (χ0n) is 16.9. The molecular formula is C22H20BrFN4O3. The molecule has 2 heterocycles. The number of anilines is 1. The van der Waals surface area contributed by atoms with Gasteiger partial charge in [-0.25, -0.2) is 4.39 Å². The average Bonchev–Trinajstić information content (AvgIpc) is 2.78. The maximum Gasteiger partial charge on any atom is 0.275 e. The van der Waals surface area contributed by atoms with E-state index in [4.69, 9.17) is 0 Å². The molecule has 0 aliphatic carbocycles. The zero-order chi connectivity index (χ0) is 22.5. The summed E-state index contributed by atoms with van der Waals surface area (Å²) in [4.78, 5) is 41.8. The first-order chi connectivity index (χ1) is 14.8. The van der Waals surface area contributed by atoms with Crippen LogP contribution in [-0.4, -0.2) is 34.3 Å². The highest BCUT2D eigenvalue weighted by Crippen LogP contribution is 2.16. The van der Waals surface area contributed by atoms with Crippen LogP contribution in [0, 0.1) is 5.82 Å². The lowest BCUT2D eigenvalue weighted by Crippen LogP contribution is -2.37. The first-order valence-electron chi connectivity index (χ1n) is 9.42. The number of nitrogens with zero attached hydrogens (tertiary/aromatic N) is 2. The Hall–Kier alpha value is -3.17. The maximum atomic E-state index is 13.1. The van der Waals surface area contributed by atoms with Gasteiger partial charge < -0.3 is 10.6 Å². The number of nitrogens with one attached hydrogen (secondary N) is 2. The van der Waals surface area contributed by atoms with Crippen LogP contribution >= 0.6 is 15.9 Å². The second-order valence-corrected chi connectivity index (χ2v) is 7.69. The standard InChI is InChI=1S/C22H20BrFN4O3/c1-13(25-2)21(30)27-18-7-8-19(23)28(22(18)31)12-14-9-16(11-26-10-14)20(29)15-3-5-17(24)6-4-15/h3-11,13,25H,12H2,1-2H3,(H,27,30)/t13-/m0/s1. The molecule has 0 spiro atoms. The van der Waals surface area contributed by atoms with E-state index in [9.17, 15) is 18.8 Å². The van der Waals surface area contributed by atoms with Crippen molar-refractivity contribution in [2.75, 3.05) is 12.4 Å². The second-order valence-electron chi connectivity index (χ2n) is 6.88. The summed E-state index contributed by atoms with van der Waals surface area (Å²) in [6.45, 7) is 1.81. The van der Waals surface area contributed by atoms with Gasteiger partial charge in [0, 0.05) is 23.5 Å². The van der Waals surface area contributed by atoms with Crippen LogP contribution in [0.1, 0.15) is 28.4 Å². The fourth-order valence-electron chi connectivity index (χ4n) is 2.82. The van der Waals surface area contributed by atoms with Gasteiger partial charge in [-0.3, -0.25) is 23.9 Å². The van der Waals surface area contributed by atoms with E-state index >= 15 is 0 Å². The first-order valence-corrected chi connectivity index (χ1v) is 10.2. The summed E-state index contributed by atoms with van der Waals surface area (Å²) in [5.41, 5.74) is 1.01. The number of halogens is 2. The van der Waals surface area contributed by atoms with E-state index in [1.807, 2.05) is 0 Å². The molecule has 0 saturated heterocycles. The van der Waals surface area contributed by atoms with Gasteiger partial charge >= 0.3 is 0 Å². The summed E-state index contributed by atoms with van der Waals surface area (Å²) in [7, 11) is 1.65. The van der Waals surface area contributed by atoms with Crippen LogP contribution in [0.15, 0.2) is 64.3 Å². The number of hydrogen-bond acceptors (Lipinski definition) is 5. The number of aromatic nitrogens is 2. The normalized spacial score (nSPS) is 11.7. The molecule has 0 saturated carbocycles. The van der Waals surface area contributed by atoms with Crippen LogP contribution in [0.25, 0.3) is 0 Å². The largest absolute Gasteiger partial charge is 0.320 e. The van der Waals surface area contributed by atoms with Gasteiger partial charge in [0.15, 0.2) is 5.78 Å². The Balaban J connectivity index is 1.87. The smallest absolute Gasteiger partial charge is 0.275 e. The van der Waals surface area contributed by atoms with Crippen molar-refractivity contribution in [1.29, 1.82) is 0 Å². The topological polar surface area (TPSA) is 93.1 Å². The summed E-state index contributed by atoms with van der Waals surface area (Å²) in [5, 5.41) is 5.43. The van der Waals surface area contributed by atoms with Crippen LogP contribution in [0.4, 0.5) is 10.1 Å². The fraction of sp³-hybridized carbons (Fsp3) is 0.182. The van der Waals surface area contributed by atoms with E-state index in [2.05, 4.69) is 31.5 Å². The van der Waals surface area contributed by atoms with E-state index < -0.39 is 17.4 Å². The molecule has 3 aromatic rings. The zero-order valence-corrected chi connectivity index (χ0v) is 18.4. The number of rotatable bonds is 7. The predicted octanol–water partition coefficient (Wildman–Crippen LogP) is 2.97. The molecule has 160 valence electrons. The third-order valence-electron chi connectivity index (χ3n) is 4.71. The average molecular weight is 487 g/mol. The molecule has 3 rings (SSSR count). The number of pyridine rings is 2. The highest BCUT2D eigenvalue weighted by molar-refractivity contribution is 9.10. The van der Waals surface area contributed by atoms with Crippen molar-refractivity contribution in [3.63, 3.8) is 0 Å². The number of benzene rings is 1. The van der Waals surface area contributed by atoms with Crippen molar-refractivity contribution in [2.45, 2.75) is 19.5 Å². The van der Waals surface area contributed by atoms with E-state index in [1.165, 1.54) is 41.1 Å². The van der Waals surface area contributed by atoms with Gasteiger partial charge in [-0.05, 0) is 77.9 Å². The molecule has 31 heavy (non-hydrogen) atoms. The summed E-state index contributed by atoms with van der Waals surface area (Å²) in [6.07, 6.45) is 2.97. The van der Waals surface area contributed by atoms with Gasteiger partial charge in [0.05, 0.1) is 17.2 Å². The van der Waals surface area contributed by atoms with Crippen molar-refractivity contribution in [2.24, 2.45) is 0 Å². The highest BCUT2D eigenvalue weighted by Gasteiger charge is 2.15. The summed E-state index contributed by atoms with van der Waals surface area (Å²) in [5.74, 6) is -1.06. The number of hydrogen-bond donors (Lipinski definition) is 2. The van der Waals surface area contributed by atoms with Gasteiger partial charge in [-0.1, -0.05) is 0 Å². The van der Waals surface area contributed by atoms with Gasteiger partial charge in [0.25, 0.3) is 5.56 Å². The lowest BCUT2D eigenvalue weighted by atomic mass is 10.0. The molecule has 0 bridgehead atoms. The molecule has 0 fully saturated rings. The van der Waals surface area contributed by atoms with E-state index in [-0.39, 0.29) is 23.9 Å². The number of likely N-dealkylation sites (N-methyl/N-ethyl adjacent to an activating group) is 1. The molecule has 1 amide bonds. The van der Waals surface area contributed by atoms with Crippen molar-refractivity contribution >= 4 is 33.3 Å². The minimum atomic E-state index is -0.463. The van der Waals surface area contributed by atoms with Gasteiger partial charge in [0.2, 0.25) is 5.91 Å². The quantitative estimate of drug-likeness (QED) is 0.395. The summed E-state index contributed by atoms with van der Waals surface area (Å²) >= 11 is 3.35. The lowest BCUT2D eigenvalue weighted by molar-refractivity contribution is -0.117. The molecule has 2 aromatic heterocycles. The SMILES string of the molecule is CN[C@@H](C)C(=O)Nc1ccc(Br)n(Cc2cncc(C(=O)c3ccc(F)cc3)c2)c1=O. The molecule has 0 unspecified atom stereocenters. The summed E-state index contributed by atoms with van der Waals surface area (Å²) in [6, 6.07) is 9.60. The molecule has 0 aliphatic rings. The van der Waals surface area contributed by atoms with Crippen molar-refractivity contribution in [1.82, 2.24) is 14.9 Å². The lowest BCUT2D eigenvalue weighted by Gasteiger charge is -2.14. The summed E-state index contributed by atoms with van der Waals surface area (Å²) < 4.78 is 15.0. The third-order valence-corrected chi connectivity index (χ3v) is 5.40. The molecule has 9 heteroatoms. The molecule has 0 aliphatic heterocycles. The molecule has 0 radical (unpaired) electrons. The third kappa shape index (κ3) is 5.31. The monoisotopic (exact) mass is 486 g/mol. The first kappa shape index (κ1) is 22.5.